The summed E-state index contributed by atoms with van der Waals surface area (Å²) in [6.45, 7) is 2.27. The van der Waals surface area contributed by atoms with Gasteiger partial charge in [-0.1, -0.05) is 67.6 Å². The number of nitrogens with two attached hydrogens (primary N) is 1. The molecule has 1 saturated carbocycles. The topological polar surface area (TPSA) is 163 Å². The van der Waals surface area contributed by atoms with Crippen molar-refractivity contribution >= 4 is 28.8 Å². The highest BCUT2D eigenvalue weighted by molar-refractivity contribution is 5.84. The predicted octanol–water partition coefficient (Wildman–Crippen LogP) is 1.92. The van der Waals surface area contributed by atoms with Crippen LogP contribution in [0.15, 0.2) is 67.0 Å². The lowest BCUT2D eigenvalue weighted by Crippen LogP contribution is -2.42. The molecule has 1 amide bonds. The van der Waals surface area contributed by atoms with Crippen LogP contribution in [-0.4, -0.2) is 60.4 Å². The number of hydrazine groups is 1. The largest absolute Gasteiger partial charge is 0.388 e. The number of rotatable bonds is 9. The zero-order valence-corrected chi connectivity index (χ0v) is 21.0. The first-order valence-corrected chi connectivity index (χ1v) is 12.7. The summed E-state index contributed by atoms with van der Waals surface area (Å²) in [5.41, 5.74) is 5.77. The van der Waals surface area contributed by atoms with E-state index in [0.717, 1.165) is 11.1 Å². The molecular weight excluding hydrogens is 484 g/mol. The Balaban J connectivity index is 1.46. The number of anilines is 2. The van der Waals surface area contributed by atoms with Crippen molar-refractivity contribution in [3.8, 4) is 0 Å². The number of carbonyl (C=O) groups excluding carboxylic acids is 1. The van der Waals surface area contributed by atoms with E-state index in [9.17, 15) is 15.0 Å². The van der Waals surface area contributed by atoms with Gasteiger partial charge < -0.3 is 25.4 Å². The van der Waals surface area contributed by atoms with Gasteiger partial charge in [0.1, 0.15) is 12.2 Å². The summed E-state index contributed by atoms with van der Waals surface area (Å²) in [6.07, 6.45) is -0.0466. The lowest BCUT2D eigenvalue weighted by molar-refractivity contribution is -0.122. The van der Waals surface area contributed by atoms with Crippen LogP contribution in [0.1, 0.15) is 42.9 Å². The lowest BCUT2D eigenvalue weighted by atomic mass is 9.91. The number of nitrogen functional groups attached to an aromatic ring is 1. The minimum Gasteiger partial charge on any atom is -0.388 e. The molecule has 0 radical (unpaired) electrons. The normalized spacial score (nSPS) is 21.1. The van der Waals surface area contributed by atoms with Crippen LogP contribution in [0.4, 0.5) is 11.8 Å². The summed E-state index contributed by atoms with van der Waals surface area (Å²) >= 11 is 0. The lowest BCUT2D eigenvalue weighted by Gasteiger charge is -2.20. The molecule has 11 heteroatoms. The Bertz CT molecular complexity index is 1340. The summed E-state index contributed by atoms with van der Waals surface area (Å²) in [5, 5.41) is 27.6. The zero-order chi connectivity index (χ0) is 26.6. The molecule has 11 nitrogen and oxygen atoms in total. The monoisotopic (exact) mass is 516 g/mol. The average molecular weight is 517 g/mol. The number of fused-ring (bicyclic) bond motifs is 1. The molecular formula is C27H32N8O3. The van der Waals surface area contributed by atoms with Gasteiger partial charge in [0.2, 0.25) is 11.9 Å². The van der Waals surface area contributed by atoms with Gasteiger partial charge in [-0.15, -0.1) is 0 Å². The third-order valence-electron chi connectivity index (χ3n) is 7.10. The van der Waals surface area contributed by atoms with Crippen LogP contribution in [0.5, 0.6) is 0 Å². The van der Waals surface area contributed by atoms with Gasteiger partial charge in [-0.05, 0) is 17.5 Å². The molecule has 2 aromatic carbocycles. The summed E-state index contributed by atoms with van der Waals surface area (Å²) in [7, 11) is 0. The van der Waals surface area contributed by atoms with Gasteiger partial charge in [-0.3, -0.25) is 10.2 Å². The van der Waals surface area contributed by atoms with E-state index in [1.165, 1.54) is 0 Å². The summed E-state index contributed by atoms with van der Waals surface area (Å²) in [6, 6.07) is 19.3. The van der Waals surface area contributed by atoms with Crippen LogP contribution < -0.4 is 21.9 Å². The van der Waals surface area contributed by atoms with E-state index >= 15 is 0 Å². The van der Waals surface area contributed by atoms with Crippen LogP contribution in [0.3, 0.4) is 0 Å². The minimum absolute atomic E-state index is 0.0496. The molecule has 2 heterocycles. The van der Waals surface area contributed by atoms with Crippen LogP contribution >= 0.6 is 0 Å². The number of aromatic nitrogens is 4. The van der Waals surface area contributed by atoms with E-state index in [-0.39, 0.29) is 17.8 Å². The van der Waals surface area contributed by atoms with Gasteiger partial charge in [0.15, 0.2) is 17.0 Å². The number of aliphatic hydroxyl groups excluding tert-OH is 2. The fourth-order valence-corrected chi connectivity index (χ4v) is 5.08. The molecule has 4 atom stereocenters. The number of nitrogens with one attached hydrogen (secondary N) is 3. The standard InChI is InChI=1S/C27H32N8O3/c1-2-21(36)31-19-13-20(24(38)23(19)37)35-15-30-22-25(32-27(34-28)33-26(22)35)29-14-18(16-9-5-3-6-10-16)17-11-7-4-8-12-17/h3-12,15,18-20,23-24,37-38H,2,13-14,28H2,1H3,(H,31,36)(H2,29,32,33,34)/t19-,20+,23+,24-/m0/s1. The Hall–Kier alpha value is -4.06. The average Bonchev–Trinajstić information content (AvgIpc) is 3.50. The van der Waals surface area contributed by atoms with Gasteiger partial charge in [-0.25, -0.2) is 10.8 Å². The highest BCUT2D eigenvalue weighted by Gasteiger charge is 2.43. The van der Waals surface area contributed by atoms with Crippen molar-refractivity contribution in [1.82, 2.24) is 24.8 Å². The van der Waals surface area contributed by atoms with Crippen LogP contribution in [0.25, 0.3) is 11.2 Å². The smallest absolute Gasteiger partial charge is 0.241 e. The third kappa shape index (κ3) is 5.03. The highest BCUT2D eigenvalue weighted by atomic mass is 16.3. The first kappa shape index (κ1) is 25.6. The summed E-state index contributed by atoms with van der Waals surface area (Å²) in [5.74, 6) is 6.22. The van der Waals surface area contributed by atoms with Crippen molar-refractivity contribution in [1.29, 1.82) is 0 Å². The SMILES string of the molecule is CCC(=O)N[C@H]1C[C@@H](n2cnc3c(NCC(c4ccccc4)c4ccccc4)nc(NN)nc32)[C@H](O)[C@@H]1O. The molecule has 0 unspecified atom stereocenters. The minimum atomic E-state index is -1.12. The predicted molar refractivity (Wildman–Crippen MR) is 144 cm³/mol. The Morgan fingerprint density at radius 2 is 1.71 bits per heavy atom. The van der Waals surface area contributed by atoms with Crippen molar-refractivity contribution in [3.05, 3.63) is 78.1 Å². The van der Waals surface area contributed by atoms with E-state index in [2.05, 4.69) is 55.3 Å². The van der Waals surface area contributed by atoms with Gasteiger partial charge in [-0.2, -0.15) is 9.97 Å². The number of amides is 1. The third-order valence-corrected chi connectivity index (χ3v) is 7.10. The first-order chi connectivity index (χ1) is 18.5. The molecule has 2 aromatic heterocycles. The molecule has 1 aliphatic carbocycles. The second-order valence-corrected chi connectivity index (χ2v) is 9.43. The number of hydrogen-bond donors (Lipinski definition) is 6. The number of benzene rings is 2. The molecule has 4 aromatic rings. The quantitative estimate of drug-likeness (QED) is 0.144. The maximum Gasteiger partial charge on any atom is 0.241 e. The van der Waals surface area contributed by atoms with E-state index in [1.807, 2.05) is 36.4 Å². The maximum absolute atomic E-state index is 11.9. The maximum atomic E-state index is 11.9. The number of hydrogen-bond acceptors (Lipinski definition) is 9. The van der Waals surface area contributed by atoms with Gasteiger partial charge >= 0.3 is 0 Å². The fraction of sp³-hybridized carbons (Fsp3) is 0.333. The molecule has 38 heavy (non-hydrogen) atoms. The van der Waals surface area contributed by atoms with E-state index in [1.54, 1.807) is 17.8 Å². The van der Waals surface area contributed by atoms with Crippen molar-refractivity contribution in [2.75, 3.05) is 17.3 Å². The second kappa shape index (κ2) is 11.1. The molecule has 0 aliphatic heterocycles. The second-order valence-electron chi connectivity index (χ2n) is 9.43. The molecule has 7 N–H and O–H groups in total. The summed E-state index contributed by atoms with van der Waals surface area (Å²) in [4.78, 5) is 25.5. The Morgan fingerprint density at radius 1 is 1.05 bits per heavy atom. The van der Waals surface area contributed by atoms with E-state index in [0.29, 0.717) is 36.4 Å². The van der Waals surface area contributed by atoms with Crippen molar-refractivity contribution in [3.63, 3.8) is 0 Å². The number of nitrogens with zero attached hydrogens (tertiary/aromatic N) is 4. The van der Waals surface area contributed by atoms with Crippen molar-refractivity contribution in [2.45, 2.75) is 50.0 Å². The Kier molecular flexibility index (Phi) is 7.50. The van der Waals surface area contributed by atoms with Crippen LogP contribution in [-0.2, 0) is 4.79 Å². The number of aliphatic hydroxyl groups is 2. The molecule has 198 valence electrons. The fourth-order valence-electron chi connectivity index (χ4n) is 5.08. The molecule has 1 fully saturated rings. The van der Waals surface area contributed by atoms with Crippen LogP contribution in [0.2, 0.25) is 0 Å². The Labute approximate surface area is 220 Å². The van der Waals surface area contributed by atoms with E-state index < -0.39 is 24.3 Å². The molecule has 0 bridgehead atoms. The Morgan fingerprint density at radius 3 is 2.32 bits per heavy atom. The van der Waals surface area contributed by atoms with Gasteiger partial charge in [0, 0.05) is 18.9 Å². The first-order valence-electron chi connectivity index (χ1n) is 12.7. The van der Waals surface area contributed by atoms with Crippen molar-refractivity contribution < 1.29 is 15.0 Å². The van der Waals surface area contributed by atoms with Crippen molar-refractivity contribution in [2.24, 2.45) is 5.84 Å². The zero-order valence-electron chi connectivity index (χ0n) is 21.0. The summed E-state index contributed by atoms with van der Waals surface area (Å²) < 4.78 is 1.71. The number of carbonyl (C=O) groups is 1. The highest BCUT2D eigenvalue weighted by Crippen LogP contribution is 2.35. The number of imidazole rings is 1. The molecule has 0 spiro atoms. The van der Waals surface area contributed by atoms with Gasteiger partial charge in [0.25, 0.3) is 0 Å². The van der Waals surface area contributed by atoms with Gasteiger partial charge in [0.05, 0.1) is 18.4 Å². The van der Waals surface area contributed by atoms with Crippen LogP contribution in [0, 0.1) is 0 Å². The molecule has 0 saturated heterocycles. The van der Waals surface area contributed by atoms with E-state index in [4.69, 9.17) is 5.84 Å². The molecule has 1 aliphatic rings. The molecule has 5 rings (SSSR count).